The number of carbonyl (C=O) groups excluding carboxylic acids is 1. The number of ether oxygens (including phenoxy) is 2. The van der Waals surface area contributed by atoms with E-state index in [1.165, 1.54) is 5.56 Å². The van der Waals surface area contributed by atoms with Crippen LogP contribution in [0.2, 0.25) is 0 Å². The molecule has 0 radical (unpaired) electrons. The molecule has 5 heteroatoms. The van der Waals surface area contributed by atoms with E-state index in [9.17, 15) is 4.79 Å². The SMILES string of the molecule is CCOc1cc(CNCC(=O)N(C)C)ccc1OCc1ccc(C(C)(C)C)cc1. The number of amides is 1. The fraction of sp³-hybridized carbons (Fsp3) is 0.458. The Kier molecular flexibility index (Phi) is 8.09. The van der Waals surface area contributed by atoms with Gasteiger partial charge >= 0.3 is 0 Å². The molecule has 2 aromatic carbocycles. The first-order valence-corrected chi connectivity index (χ1v) is 10.1. The molecule has 1 amide bonds. The number of hydrogen-bond acceptors (Lipinski definition) is 4. The van der Waals surface area contributed by atoms with Gasteiger partial charge in [-0.15, -0.1) is 0 Å². The first-order valence-electron chi connectivity index (χ1n) is 10.1. The van der Waals surface area contributed by atoms with E-state index >= 15 is 0 Å². The highest BCUT2D eigenvalue weighted by molar-refractivity contribution is 5.77. The minimum absolute atomic E-state index is 0.0486. The van der Waals surface area contributed by atoms with Crippen molar-refractivity contribution < 1.29 is 14.3 Å². The molecule has 2 rings (SSSR count). The van der Waals surface area contributed by atoms with Gasteiger partial charge in [-0.1, -0.05) is 51.1 Å². The normalized spacial score (nSPS) is 11.2. The predicted octanol–water partition coefficient (Wildman–Crippen LogP) is 4.14. The number of benzene rings is 2. The molecule has 0 heterocycles. The van der Waals surface area contributed by atoms with Gasteiger partial charge in [0.2, 0.25) is 5.91 Å². The number of nitrogens with zero attached hydrogens (tertiary/aromatic N) is 1. The lowest BCUT2D eigenvalue weighted by atomic mass is 9.87. The first-order chi connectivity index (χ1) is 13.7. The summed E-state index contributed by atoms with van der Waals surface area (Å²) in [5.41, 5.74) is 3.61. The Balaban J connectivity index is 2.00. The number of hydrogen-bond donors (Lipinski definition) is 1. The topological polar surface area (TPSA) is 50.8 Å². The summed E-state index contributed by atoms with van der Waals surface area (Å²) in [5.74, 6) is 1.49. The fourth-order valence-corrected chi connectivity index (χ4v) is 2.78. The van der Waals surface area contributed by atoms with Crippen molar-refractivity contribution in [1.82, 2.24) is 10.2 Å². The number of rotatable bonds is 9. The van der Waals surface area contributed by atoms with Gasteiger partial charge in [0.1, 0.15) is 6.61 Å². The Morgan fingerprint density at radius 1 is 0.966 bits per heavy atom. The highest BCUT2D eigenvalue weighted by atomic mass is 16.5. The van der Waals surface area contributed by atoms with Gasteiger partial charge in [-0.25, -0.2) is 0 Å². The third kappa shape index (κ3) is 7.09. The van der Waals surface area contributed by atoms with Crippen LogP contribution in [0.3, 0.4) is 0 Å². The summed E-state index contributed by atoms with van der Waals surface area (Å²) < 4.78 is 11.8. The van der Waals surface area contributed by atoms with Gasteiger partial charge in [-0.2, -0.15) is 0 Å². The summed E-state index contributed by atoms with van der Waals surface area (Å²) in [7, 11) is 3.50. The minimum atomic E-state index is 0.0486. The minimum Gasteiger partial charge on any atom is -0.490 e. The molecule has 0 atom stereocenters. The van der Waals surface area contributed by atoms with Gasteiger partial charge < -0.3 is 19.7 Å². The van der Waals surface area contributed by atoms with Crippen LogP contribution < -0.4 is 14.8 Å². The molecule has 1 N–H and O–H groups in total. The van der Waals surface area contributed by atoms with Crippen LogP contribution in [0.4, 0.5) is 0 Å². The van der Waals surface area contributed by atoms with Crippen molar-refractivity contribution in [2.24, 2.45) is 0 Å². The molecule has 0 saturated carbocycles. The largest absolute Gasteiger partial charge is 0.490 e. The van der Waals surface area contributed by atoms with Crippen molar-refractivity contribution in [3.8, 4) is 11.5 Å². The Hall–Kier alpha value is -2.53. The summed E-state index contributed by atoms with van der Waals surface area (Å²) >= 11 is 0. The number of likely N-dealkylation sites (N-methyl/N-ethyl adjacent to an activating group) is 1. The molecule has 0 aliphatic rings. The zero-order valence-electron chi connectivity index (χ0n) is 18.5. The van der Waals surface area contributed by atoms with E-state index in [0.29, 0.717) is 26.3 Å². The van der Waals surface area contributed by atoms with Crippen molar-refractivity contribution >= 4 is 5.91 Å². The van der Waals surface area contributed by atoms with Crippen LogP contribution in [0, 0.1) is 0 Å². The summed E-state index contributed by atoms with van der Waals surface area (Å²) in [6, 6.07) is 14.4. The summed E-state index contributed by atoms with van der Waals surface area (Å²) in [5, 5.41) is 3.16. The van der Waals surface area contributed by atoms with E-state index in [0.717, 1.165) is 22.6 Å². The molecule has 158 valence electrons. The summed E-state index contributed by atoms with van der Waals surface area (Å²) in [6.45, 7) is 10.5. The molecule has 29 heavy (non-hydrogen) atoms. The van der Waals surface area contributed by atoms with Gasteiger partial charge in [-0.05, 0) is 41.2 Å². The molecular formula is C24H34N2O3. The van der Waals surface area contributed by atoms with E-state index < -0.39 is 0 Å². The second-order valence-corrected chi connectivity index (χ2v) is 8.34. The van der Waals surface area contributed by atoms with E-state index in [4.69, 9.17) is 9.47 Å². The number of nitrogens with one attached hydrogen (secondary N) is 1. The molecule has 5 nitrogen and oxygen atoms in total. The molecule has 0 fully saturated rings. The molecule has 0 bridgehead atoms. The molecule has 0 saturated heterocycles. The lowest BCUT2D eigenvalue weighted by Gasteiger charge is -2.19. The Labute approximate surface area is 175 Å². The second-order valence-electron chi connectivity index (χ2n) is 8.34. The second kappa shape index (κ2) is 10.3. The number of carbonyl (C=O) groups is 1. The average molecular weight is 399 g/mol. The molecule has 0 unspecified atom stereocenters. The van der Waals surface area contributed by atoms with Crippen LogP contribution in [0.25, 0.3) is 0 Å². The van der Waals surface area contributed by atoms with Crippen LogP contribution in [-0.4, -0.2) is 38.1 Å². The molecule has 2 aromatic rings. The predicted molar refractivity (Wildman–Crippen MR) is 117 cm³/mol. The fourth-order valence-electron chi connectivity index (χ4n) is 2.78. The lowest BCUT2D eigenvalue weighted by molar-refractivity contribution is -0.127. The van der Waals surface area contributed by atoms with E-state index in [2.05, 4.69) is 50.4 Å². The van der Waals surface area contributed by atoms with Crippen molar-refractivity contribution in [2.45, 2.75) is 46.3 Å². The zero-order valence-corrected chi connectivity index (χ0v) is 18.5. The highest BCUT2D eigenvalue weighted by Gasteiger charge is 2.13. The van der Waals surface area contributed by atoms with Crippen molar-refractivity contribution in [1.29, 1.82) is 0 Å². The Morgan fingerprint density at radius 2 is 1.62 bits per heavy atom. The van der Waals surface area contributed by atoms with Crippen molar-refractivity contribution in [3.63, 3.8) is 0 Å². The Morgan fingerprint density at radius 3 is 2.21 bits per heavy atom. The highest BCUT2D eigenvalue weighted by Crippen LogP contribution is 2.29. The van der Waals surface area contributed by atoms with Gasteiger partial charge in [0, 0.05) is 20.6 Å². The summed E-state index contributed by atoms with van der Waals surface area (Å²) in [4.78, 5) is 13.2. The van der Waals surface area contributed by atoms with E-state index in [1.807, 2.05) is 25.1 Å². The van der Waals surface area contributed by atoms with Gasteiger partial charge in [-0.3, -0.25) is 4.79 Å². The van der Waals surface area contributed by atoms with Crippen LogP contribution in [0.1, 0.15) is 44.4 Å². The molecular weight excluding hydrogens is 364 g/mol. The maximum atomic E-state index is 11.7. The van der Waals surface area contributed by atoms with Gasteiger partial charge in [0.05, 0.1) is 13.2 Å². The lowest BCUT2D eigenvalue weighted by Crippen LogP contribution is -2.32. The van der Waals surface area contributed by atoms with Crippen LogP contribution >= 0.6 is 0 Å². The monoisotopic (exact) mass is 398 g/mol. The van der Waals surface area contributed by atoms with Crippen molar-refractivity contribution in [3.05, 3.63) is 59.2 Å². The van der Waals surface area contributed by atoms with Crippen LogP contribution in [0.5, 0.6) is 11.5 Å². The molecule has 0 spiro atoms. The van der Waals surface area contributed by atoms with Gasteiger partial charge in [0.25, 0.3) is 0 Å². The third-order valence-corrected chi connectivity index (χ3v) is 4.63. The Bertz CT molecular complexity index is 793. The summed E-state index contributed by atoms with van der Waals surface area (Å²) in [6.07, 6.45) is 0. The van der Waals surface area contributed by atoms with E-state index in [1.54, 1.807) is 19.0 Å². The molecule has 0 aliphatic carbocycles. The maximum Gasteiger partial charge on any atom is 0.236 e. The van der Waals surface area contributed by atoms with Gasteiger partial charge in [0.15, 0.2) is 11.5 Å². The van der Waals surface area contributed by atoms with Crippen molar-refractivity contribution in [2.75, 3.05) is 27.2 Å². The average Bonchev–Trinajstić information content (AvgIpc) is 2.67. The van der Waals surface area contributed by atoms with Crippen LogP contribution in [0.15, 0.2) is 42.5 Å². The standard InChI is InChI=1S/C24H34N2O3/c1-7-28-22-14-19(15-25-16-23(27)26(5)6)10-13-21(22)29-17-18-8-11-20(12-9-18)24(2,3)4/h8-14,25H,7,15-17H2,1-6H3. The zero-order chi connectivity index (χ0) is 21.4. The maximum absolute atomic E-state index is 11.7. The third-order valence-electron chi connectivity index (χ3n) is 4.63. The van der Waals surface area contributed by atoms with Crippen LogP contribution in [-0.2, 0) is 23.4 Å². The van der Waals surface area contributed by atoms with E-state index in [-0.39, 0.29) is 11.3 Å². The first kappa shape index (κ1) is 22.8. The molecule has 0 aromatic heterocycles. The quantitative estimate of drug-likeness (QED) is 0.690. The molecule has 0 aliphatic heterocycles. The smallest absolute Gasteiger partial charge is 0.236 e.